The van der Waals surface area contributed by atoms with Gasteiger partial charge in [-0.15, -0.1) is 0 Å². The Morgan fingerprint density at radius 3 is 2.75 bits per heavy atom. The zero-order valence-electron chi connectivity index (χ0n) is 16.9. The van der Waals surface area contributed by atoms with E-state index in [0.29, 0.717) is 18.4 Å². The lowest BCUT2D eigenvalue weighted by Crippen LogP contribution is -2.42. The molecule has 0 bridgehead atoms. The van der Waals surface area contributed by atoms with E-state index in [9.17, 15) is 4.79 Å². The summed E-state index contributed by atoms with van der Waals surface area (Å²) in [7, 11) is 1.64. The number of rotatable bonds is 4. The summed E-state index contributed by atoms with van der Waals surface area (Å²) in [5.41, 5.74) is 1.86. The molecule has 2 aromatic heterocycles. The summed E-state index contributed by atoms with van der Waals surface area (Å²) >= 11 is 0. The highest BCUT2D eigenvalue weighted by atomic mass is 16.5. The van der Waals surface area contributed by atoms with Gasteiger partial charge in [0.2, 0.25) is 0 Å². The van der Waals surface area contributed by atoms with Gasteiger partial charge in [0.15, 0.2) is 0 Å². The van der Waals surface area contributed by atoms with E-state index in [4.69, 9.17) is 9.15 Å². The van der Waals surface area contributed by atoms with Gasteiger partial charge in [-0.1, -0.05) is 13.8 Å². The first-order valence-corrected chi connectivity index (χ1v) is 10.0. The van der Waals surface area contributed by atoms with Crippen molar-refractivity contribution in [3.63, 3.8) is 0 Å². The van der Waals surface area contributed by atoms with E-state index in [1.807, 2.05) is 17.0 Å². The summed E-state index contributed by atoms with van der Waals surface area (Å²) in [6.07, 6.45) is 3.66. The van der Waals surface area contributed by atoms with E-state index >= 15 is 0 Å². The molecule has 0 aliphatic carbocycles. The Kier molecular flexibility index (Phi) is 5.35. The van der Waals surface area contributed by atoms with Gasteiger partial charge < -0.3 is 14.1 Å². The van der Waals surface area contributed by atoms with E-state index in [-0.39, 0.29) is 11.8 Å². The van der Waals surface area contributed by atoms with Crippen molar-refractivity contribution in [1.82, 2.24) is 19.8 Å². The van der Waals surface area contributed by atoms with E-state index in [1.54, 1.807) is 13.3 Å². The van der Waals surface area contributed by atoms with Gasteiger partial charge in [0.1, 0.15) is 11.5 Å². The van der Waals surface area contributed by atoms with Gasteiger partial charge in [-0.25, -0.2) is 4.98 Å². The molecule has 4 rings (SSSR count). The van der Waals surface area contributed by atoms with Crippen molar-refractivity contribution in [1.29, 1.82) is 0 Å². The summed E-state index contributed by atoms with van der Waals surface area (Å²) < 4.78 is 11.0. The molecule has 2 atom stereocenters. The van der Waals surface area contributed by atoms with Crippen LogP contribution in [0.2, 0.25) is 0 Å². The van der Waals surface area contributed by atoms with Crippen LogP contribution in [0.25, 0.3) is 0 Å². The number of hydrogen-bond acceptors (Lipinski definition) is 6. The third-order valence-corrected chi connectivity index (χ3v) is 5.56. The van der Waals surface area contributed by atoms with Crippen molar-refractivity contribution >= 4 is 5.91 Å². The largest absolute Gasteiger partial charge is 0.495 e. The highest BCUT2D eigenvalue weighted by Crippen LogP contribution is 2.25. The number of pyridine rings is 1. The fraction of sp³-hybridized carbons (Fsp3) is 0.571. The monoisotopic (exact) mass is 384 g/mol. The van der Waals surface area contributed by atoms with E-state index in [1.165, 1.54) is 6.42 Å². The van der Waals surface area contributed by atoms with Crippen LogP contribution in [0.5, 0.6) is 5.75 Å². The van der Waals surface area contributed by atoms with Gasteiger partial charge in [0.25, 0.3) is 5.89 Å². The number of methoxy groups -OCH3 is 1. The molecule has 150 valence electrons. The third-order valence-electron chi connectivity index (χ3n) is 5.56. The van der Waals surface area contributed by atoms with Gasteiger partial charge in [-0.05, 0) is 30.4 Å². The number of ether oxygens (including phenoxy) is 1. The van der Waals surface area contributed by atoms with Crippen molar-refractivity contribution in [3.8, 4) is 5.75 Å². The van der Waals surface area contributed by atoms with E-state index < -0.39 is 0 Å². The second kappa shape index (κ2) is 7.91. The number of nitrogens with zero attached hydrogens (tertiary/aromatic N) is 4. The summed E-state index contributed by atoms with van der Waals surface area (Å²) in [6.45, 7) is 8.23. The highest BCUT2D eigenvalue weighted by molar-refractivity contribution is 5.89. The lowest BCUT2D eigenvalue weighted by molar-refractivity contribution is 0.0581. The van der Waals surface area contributed by atoms with E-state index in [0.717, 1.165) is 55.5 Å². The molecule has 0 saturated carbocycles. The van der Waals surface area contributed by atoms with Gasteiger partial charge in [0.05, 0.1) is 24.7 Å². The van der Waals surface area contributed by atoms with Crippen LogP contribution in [-0.4, -0.2) is 52.4 Å². The number of aromatic nitrogens is 2. The van der Waals surface area contributed by atoms with Crippen molar-refractivity contribution in [3.05, 3.63) is 41.4 Å². The Morgan fingerprint density at radius 2 is 2.07 bits per heavy atom. The molecule has 2 unspecified atom stereocenters. The summed E-state index contributed by atoms with van der Waals surface area (Å²) in [5, 5.41) is 0. The molecule has 1 amide bonds. The fourth-order valence-electron chi connectivity index (χ4n) is 4.30. The predicted molar refractivity (Wildman–Crippen MR) is 104 cm³/mol. The second-order valence-corrected chi connectivity index (χ2v) is 8.20. The van der Waals surface area contributed by atoms with Crippen LogP contribution in [0.4, 0.5) is 0 Å². The molecule has 2 aromatic rings. The second-order valence-electron chi connectivity index (χ2n) is 8.20. The van der Waals surface area contributed by atoms with Crippen molar-refractivity contribution in [2.24, 2.45) is 11.8 Å². The molecular weight excluding hydrogens is 356 g/mol. The minimum Gasteiger partial charge on any atom is -0.495 e. The van der Waals surface area contributed by atoms with Crippen molar-refractivity contribution < 1.29 is 13.9 Å². The summed E-state index contributed by atoms with van der Waals surface area (Å²) in [6, 6.07) is 3.90. The molecule has 7 nitrogen and oxygen atoms in total. The molecule has 0 radical (unpaired) electrons. The third kappa shape index (κ3) is 4.04. The molecule has 2 aliphatic rings. The van der Waals surface area contributed by atoms with Crippen LogP contribution < -0.4 is 4.74 Å². The van der Waals surface area contributed by atoms with Crippen LogP contribution in [0, 0.1) is 11.8 Å². The van der Waals surface area contributed by atoms with Crippen molar-refractivity contribution in [2.75, 3.05) is 26.7 Å². The first-order chi connectivity index (χ1) is 13.5. The smallest absolute Gasteiger partial charge is 0.309 e. The van der Waals surface area contributed by atoms with Gasteiger partial charge in [0, 0.05) is 39.1 Å². The number of oxazole rings is 1. The first kappa shape index (κ1) is 18.9. The molecule has 1 saturated heterocycles. The van der Waals surface area contributed by atoms with Gasteiger partial charge in [-0.3, -0.25) is 14.7 Å². The Balaban J connectivity index is 1.42. The minimum atomic E-state index is -0.0730. The summed E-state index contributed by atoms with van der Waals surface area (Å²) in [5.74, 6) is 2.81. The Labute approximate surface area is 165 Å². The van der Waals surface area contributed by atoms with E-state index in [2.05, 4.69) is 28.7 Å². The Hall–Kier alpha value is -2.41. The SMILES string of the molecule is COc1ccc(CN2CCc3oc(C(=O)N4CC(C)CC(C)C4)nc3C2)nc1. The maximum atomic E-state index is 12.9. The lowest BCUT2D eigenvalue weighted by atomic mass is 9.92. The van der Waals surface area contributed by atoms with Crippen LogP contribution >= 0.6 is 0 Å². The van der Waals surface area contributed by atoms with Crippen molar-refractivity contribution in [2.45, 2.75) is 39.8 Å². The van der Waals surface area contributed by atoms with Crippen LogP contribution in [0.3, 0.4) is 0 Å². The topological polar surface area (TPSA) is 71.7 Å². The van der Waals surface area contributed by atoms with Crippen LogP contribution in [0.15, 0.2) is 22.7 Å². The number of carbonyl (C=O) groups excluding carboxylic acids is 1. The number of likely N-dealkylation sites (tertiary alicyclic amines) is 1. The first-order valence-electron chi connectivity index (χ1n) is 10.0. The number of hydrogen-bond donors (Lipinski definition) is 0. The number of piperidine rings is 1. The number of fused-ring (bicyclic) bond motifs is 1. The average Bonchev–Trinajstić information content (AvgIpc) is 3.10. The standard InChI is InChI=1S/C21H28N4O3/c1-14-8-15(2)11-25(10-14)21(26)20-23-18-13-24(7-6-19(18)28-20)12-16-4-5-17(27-3)9-22-16/h4-5,9,14-15H,6-8,10-13H2,1-3H3. The lowest BCUT2D eigenvalue weighted by Gasteiger charge is -2.34. The quantitative estimate of drug-likeness (QED) is 0.807. The normalized spacial score (nSPS) is 22.8. The highest BCUT2D eigenvalue weighted by Gasteiger charge is 2.31. The van der Waals surface area contributed by atoms with Gasteiger partial charge >= 0.3 is 5.91 Å². The number of carbonyl (C=O) groups is 1. The molecule has 1 fully saturated rings. The molecule has 0 spiro atoms. The predicted octanol–water partition coefficient (Wildman–Crippen LogP) is 2.75. The zero-order valence-corrected chi connectivity index (χ0v) is 16.9. The molecule has 0 aromatic carbocycles. The molecule has 28 heavy (non-hydrogen) atoms. The minimum absolute atomic E-state index is 0.0730. The zero-order chi connectivity index (χ0) is 19.7. The van der Waals surface area contributed by atoms with Crippen LogP contribution in [-0.2, 0) is 19.5 Å². The van der Waals surface area contributed by atoms with Gasteiger partial charge in [-0.2, -0.15) is 0 Å². The maximum absolute atomic E-state index is 12.9. The fourth-order valence-corrected chi connectivity index (χ4v) is 4.30. The Bertz CT molecular complexity index is 823. The maximum Gasteiger partial charge on any atom is 0.309 e. The molecule has 4 heterocycles. The molecule has 2 aliphatic heterocycles. The number of amides is 1. The average molecular weight is 384 g/mol. The molecule has 0 N–H and O–H groups in total. The Morgan fingerprint density at radius 1 is 1.29 bits per heavy atom. The molecule has 7 heteroatoms. The van der Waals surface area contributed by atoms with Crippen LogP contribution in [0.1, 0.15) is 48.1 Å². The summed E-state index contributed by atoms with van der Waals surface area (Å²) in [4.78, 5) is 26.0. The molecular formula is C21H28N4O3.